The van der Waals surface area contributed by atoms with E-state index in [1.54, 1.807) is 0 Å². The monoisotopic (exact) mass is 1030 g/mol. The molecule has 1 rings (SSSR count). The smallest absolute Gasteiger partial charge is 0.323 e. The Hall–Kier alpha value is -7.17. The van der Waals surface area contributed by atoms with Crippen LogP contribution >= 0.6 is 11.8 Å². The van der Waals surface area contributed by atoms with Crippen molar-refractivity contribution >= 4 is 106 Å². The number of Topliss-reactive ketones (excluding diaryl/α,β-unsaturated/α-hetero) is 4. The minimum atomic E-state index is -1.52. The summed E-state index contributed by atoms with van der Waals surface area (Å²) in [6.45, 7) is -5.21. The number of carbonyl (C=O) groups excluding carboxylic acids is 12. The lowest BCUT2D eigenvalue weighted by atomic mass is 10.1. The molecule has 8 N–H and O–H groups in total. The van der Waals surface area contributed by atoms with Gasteiger partial charge in [0.15, 0.2) is 17.3 Å². The number of nitrogens with one attached hydrogen (secondary N) is 4. The number of ketones is 4. The Morgan fingerprint density at radius 1 is 0.563 bits per heavy atom. The van der Waals surface area contributed by atoms with E-state index in [4.69, 9.17) is 10.2 Å². The van der Waals surface area contributed by atoms with Gasteiger partial charge in [-0.3, -0.25) is 81.6 Å². The molecule has 394 valence electrons. The van der Waals surface area contributed by atoms with Crippen LogP contribution in [0.3, 0.4) is 0 Å². The van der Waals surface area contributed by atoms with Gasteiger partial charge in [0, 0.05) is 76.6 Å². The molecule has 29 heteroatoms. The predicted molar refractivity (Wildman–Crippen MR) is 242 cm³/mol. The molecule has 1 saturated heterocycles. The second-order valence-electron chi connectivity index (χ2n) is 16.0. The maximum atomic E-state index is 12.8. The molecule has 0 aromatic heterocycles. The van der Waals surface area contributed by atoms with Crippen LogP contribution in [0.5, 0.6) is 0 Å². The molecule has 0 bridgehead atoms. The maximum absolute atomic E-state index is 12.8. The summed E-state index contributed by atoms with van der Waals surface area (Å²) in [6, 6.07) is 0. The molecule has 2 unspecified atom stereocenters. The van der Waals surface area contributed by atoms with Gasteiger partial charge in [-0.25, -0.2) is 0 Å². The van der Waals surface area contributed by atoms with Crippen molar-refractivity contribution in [2.75, 3.05) is 84.8 Å². The molecule has 1 heterocycles. The van der Waals surface area contributed by atoms with Crippen molar-refractivity contribution in [3.05, 3.63) is 0 Å². The third-order valence-electron chi connectivity index (χ3n) is 9.95. The maximum Gasteiger partial charge on any atom is 0.323 e. The number of thioether (sulfide) groups is 1. The fourth-order valence-electron chi connectivity index (χ4n) is 6.17. The zero-order valence-corrected chi connectivity index (χ0v) is 40.0. The van der Waals surface area contributed by atoms with Crippen LogP contribution in [0, 0.1) is 5.92 Å². The average Bonchev–Trinajstić information content (AvgIpc) is 3.56. The van der Waals surface area contributed by atoms with E-state index < -0.39 is 178 Å². The van der Waals surface area contributed by atoms with Gasteiger partial charge in [0.25, 0.3) is 0 Å². The first-order valence-corrected chi connectivity index (χ1v) is 23.1. The van der Waals surface area contributed by atoms with Gasteiger partial charge in [0.1, 0.15) is 32.0 Å². The highest BCUT2D eigenvalue weighted by molar-refractivity contribution is 8.00. The van der Waals surface area contributed by atoms with Gasteiger partial charge >= 0.3 is 23.9 Å². The Labute approximate surface area is 410 Å². The standard InChI is InChI=1S/C42H60N8O20S/c1-25(42(69)70)24-71-30-14-36(60)50(41(30)68)13-11-32(56)45-16-27(52)7-10-35(59)48(22-39(64)65)19-29(54)5-8-31(55)46-17-37(61)49(23-40(66)67)20-33(57)44-12-3-4-28(53)18-47(21-38(62)63)34(58)9-6-26(51)15-43-2/h25,30,43H,3-24H2,1-2H3,(H,44,57)(H,45,56)(H,46,55)(H,62,63)(H,64,65)(H,66,67)(H,69,70). The van der Waals surface area contributed by atoms with Crippen LogP contribution in [-0.2, 0) is 76.7 Å². The highest BCUT2D eigenvalue weighted by atomic mass is 32.2. The minimum absolute atomic E-state index is 0.00218. The SMILES string of the molecule is CNCC(=O)CCC(=O)N(CC(=O)O)CC(=O)CCCNC(=O)CN(CC(=O)O)C(=O)CNC(=O)CCC(=O)CN(CC(=O)O)C(=O)CCC(=O)CNC(=O)CCN1C(=O)CC(SCC(C)C(=O)O)C1=O. The first-order chi connectivity index (χ1) is 33.3. The Morgan fingerprint density at radius 3 is 1.56 bits per heavy atom. The predicted octanol–water partition coefficient (Wildman–Crippen LogP) is -4.34. The molecule has 1 aliphatic rings. The Morgan fingerprint density at radius 2 is 1.04 bits per heavy atom. The number of nitrogens with zero attached hydrogens (tertiary/aromatic N) is 4. The van der Waals surface area contributed by atoms with E-state index in [1.165, 1.54) is 14.0 Å². The van der Waals surface area contributed by atoms with E-state index in [1.807, 2.05) is 0 Å². The average molecular weight is 1030 g/mol. The topological polar surface area (TPSA) is 415 Å². The lowest BCUT2D eigenvalue weighted by molar-refractivity contribution is -0.146. The van der Waals surface area contributed by atoms with Gasteiger partial charge in [-0.05, 0) is 13.5 Å². The fraction of sp³-hybridized carbons (Fsp3) is 0.619. The normalized spacial score (nSPS) is 13.3. The number of imide groups is 1. The number of hydrogen-bond donors (Lipinski definition) is 8. The van der Waals surface area contributed by atoms with Gasteiger partial charge in [0.05, 0.1) is 43.9 Å². The van der Waals surface area contributed by atoms with Crippen LogP contribution in [0.1, 0.15) is 71.1 Å². The van der Waals surface area contributed by atoms with Crippen molar-refractivity contribution in [1.29, 1.82) is 0 Å². The van der Waals surface area contributed by atoms with Gasteiger partial charge in [-0.15, -0.1) is 11.8 Å². The largest absolute Gasteiger partial charge is 0.481 e. The first kappa shape index (κ1) is 61.8. The molecule has 0 spiro atoms. The number of hydrogen-bond acceptors (Lipinski definition) is 18. The van der Waals surface area contributed by atoms with E-state index in [0.717, 1.165) is 21.6 Å². The third kappa shape index (κ3) is 26.4. The number of amides is 8. The zero-order chi connectivity index (χ0) is 53.8. The summed E-state index contributed by atoms with van der Waals surface area (Å²) >= 11 is 1.02. The molecule has 28 nitrogen and oxygen atoms in total. The molecule has 0 aromatic rings. The lowest BCUT2D eigenvalue weighted by Crippen LogP contribution is -2.47. The molecule has 1 aliphatic heterocycles. The third-order valence-corrected chi connectivity index (χ3v) is 11.4. The highest BCUT2D eigenvalue weighted by Crippen LogP contribution is 2.27. The van der Waals surface area contributed by atoms with Gasteiger partial charge in [-0.1, -0.05) is 6.92 Å². The molecule has 0 radical (unpaired) electrons. The molecule has 8 amide bonds. The molecule has 0 aromatic carbocycles. The number of carboxylic acids is 4. The van der Waals surface area contributed by atoms with Crippen molar-refractivity contribution in [2.45, 2.75) is 76.4 Å². The van der Waals surface area contributed by atoms with Crippen LogP contribution < -0.4 is 21.3 Å². The van der Waals surface area contributed by atoms with Crippen LogP contribution in [-0.4, -0.2) is 224 Å². The van der Waals surface area contributed by atoms with E-state index in [2.05, 4.69) is 21.3 Å². The van der Waals surface area contributed by atoms with Crippen molar-refractivity contribution in [2.24, 2.45) is 5.92 Å². The Kier molecular flexibility index (Phi) is 28.4. The summed E-state index contributed by atoms with van der Waals surface area (Å²) in [7, 11) is 1.53. The van der Waals surface area contributed by atoms with E-state index in [9.17, 15) is 86.9 Å². The first-order valence-electron chi connectivity index (χ1n) is 22.0. The summed E-state index contributed by atoms with van der Waals surface area (Å²) in [6.07, 6.45) is -3.37. The number of likely N-dealkylation sites (N-methyl/N-ethyl adjacent to an activating group) is 1. The van der Waals surface area contributed by atoms with Crippen molar-refractivity contribution in [1.82, 2.24) is 40.9 Å². The number of rotatable bonds is 38. The number of likely N-dealkylation sites (tertiary alicyclic amines) is 1. The zero-order valence-electron chi connectivity index (χ0n) is 39.2. The molecule has 71 heavy (non-hydrogen) atoms. The molecule has 0 aliphatic carbocycles. The highest BCUT2D eigenvalue weighted by Gasteiger charge is 2.39. The van der Waals surface area contributed by atoms with Crippen molar-refractivity contribution < 1.29 is 97.1 Å². The summed E-state index contributed by atoms with van der Waals surface area (Å²) < 4.78 is 0. The van der Waals surface area contributed by atoms with E-state index in [0.29, 0.717) is 9.80 Å². The number of aliphatic carboxylic acids is 4. The van der Waals surface area contributed by atoms with Crippen LogP contribution in [0.2, 0.25) is 0 Å². The molecule has 1 fully saturated rings. The molecule has 0 saturated carbocycles. The molecular weight excluding hydrogens is 969 g/mol. The van der Waals surface area contributed by atoms with Crippen LogP contribution in [0.4, 0.5) is 0 Å². The molecule has 2 atom stereocenters. The summed E-state index contributed by atoms with van der Waals surface area (Å²) in [4.78, 5) is 197. The van der Waals surface area contributed by atoms with Gasteiger partial charge < -0.3 is 56.4 Å². The molecular formula is C42H60N8O20S. The Bertz CT molecular complexity index is 2050. The number of carbonyl (C=O) groups is 16. The summed E-state index contributed by atoms with van der Waals surface area (Å²) in [5.74, 6) is -14.7. The van der Waals surface area contributed by atoms with E-state index >= 15 is 0 Å². The van der Waals surface area contributed by atoms with Crippen molar-refractivity contribution in [3.8, 4) is 0 Å². The minimum Gasteiger partial charge on any atom is -0.481 e. The lowest BCUT2D eigenvalue weighted by Gasteiger charge is -2.21. The van der Waals surface area contributed by atoms with Gasteiger partial charge in [-0.2, -0.15) is 0 Å². The second kappa shape index (κ2) is 32.6. The fourth-order valence-corrected chi connectivity index (χ4v) is 7.37. The number of carboxylic acid groups (broad SMARTS) is 4. The summed E-state index contributed by atoms with van der Waals surface area (Å²) in [5.41, 5.74) is 0. The van der Waals surface area contributed by atoms with Crippen molar-refractivity contribution in [3.63, 3.8) is 0 Å². The van der Waals surface area contributed by atoms with Crippen LogP contribution in [0.25, 0.3) is 0 Å². The van der Waals surface area contributed by atoms with Gasteiger partial charge in [0.2, 0.25) is 47.3 Å². The second-order valence-corrected chi connectivity index (χ2v) is 17.3. The quantitative estimate of drug-likeness (QED) is 0.0214. The van der Waals surface area contributed by atoms with E-state index in [-0.39, 0.29) is 69.7 Å². The summed E-state index contributed by atoms with van der Waals surface area (Å²) in [5, 5.41) is 45.4. The van der Waals surface area contributed by atoms with Crippen LogP contribution in [0.15, 0.2) is 0 Å². The Balaban J connectivity index is 2.54.